The Labute approximate surface area is 205 Å². The van der Waals surface area contributed by atoms with Gasteiger partial charge in [-0.1, -0.05) is 62.4 Å². The van der Waals surface area contributed by atoms with E-state index in [1.807, 2.05) is 38.1 Å². The van der Waals surface area contributed by atoms with Crippen LogP contribution in [-0.4, -0.2) is 61.3 Å². The Morgan fingerprint density at radius 1 is 1.03 bits per heavy atom. The van der Waals surface area contributed by atoms with E-state index in [9.17, 15) is 14.4 Å². The highest BCUT2D eigenvalue weighted by atomic mass is 16.5. The number of carbonyl (C=O) groups excluding carboxylic acids is 3. The number of benzene rings is 2. The van der Waals surface area contributed by atoms with Crippen LogP contribution < -0.4 is 11.1 Å². The predicted octanol–water partition coefficient (Wildman–Crippen LogP) is 3.04. The van der Waals surface area contributed by atoms with Gasteiger partial charge in [-0.3, -0.25) is 4.79 Å². The Morgan fingerprint density at radius 3 is 2.17 bits per heavy atom. The summed E-state index contributed by atoms with van der Waals surface area (Å²) in [4.78, 5) is 40.1. The van der Waals surface area contributed by atoms with Crippen molar-refractivity contribution < 1.29 is 23.9 Å². The maximum absolute atomic E-state index is 13.5. The van der Waals surface area contributed by atoms with Gasteiger partial charge in [0.25, 0.3) is 0 Å². The van der Waals surface area contributed by atoms with Gasteiger partial charge in [0.05, 0.1) is 7.11 Å². The molecule has 4 rings (SSSR count). The van der Waals surface area contributed by atoms with Gasteiger partial charge in [0, 0.05) is 18.5 Å². The fourth-order valence-corrected chi connectivity index (χ4v) is 5.26. The summed E-state index contributed by atoms with van der Waals surface area (Å²) < 4.78 is 10.5. The van der Waals surface area contributed by atoms with Gasteiger partial charge in [-0.15, -0.1) is 0 Å². The largest absolute Gasteiger partial charge is 0.467 e. The molecule has 1 heterocycles. The number of nitrogens with zero attached hydrogens (tertiary/aromatic N) is 1. The first kappa shape index (κ1) is 24.7. The number of methoxy groups -OCH3 is 1. The van der Waals surface area contributed by atoms with Crippen LogP contribution in [0, 0.1) is 5.92 Å². The Morgan fingerprint density at radius 2 is 1.63 bits per heavy atom. The van der Waals surface area contributed by atoms with Crippen LogP contribution in [0.25, 0.3) is 11.1 Å². The quantitative estimate of drug-likeness (QED) is 0.591. The minimum Gasteiger partial charge on any atom is -0.467 e. The molecule has 0 aromatic heterocycles. The molecule has 0 bridgehead atoms. The number of esters is 1. The zero-order valence-corrected chi connectivity index (χ0v) is 20.4. The molecule has 1 saturated heterocycles. The zero-order valence-electron chi connectivity index (χ0n) is 20.4. The van der Waals surface area contributed by atoms with Crippen molar-refractivity contribution in [3.63, 3.8) is 0 Å². The van der Waals surface area contributed by atoms with Gasteiger partial charge in [-0.25, -0.2) is 9.59 Å². The SMILES string of the molecule is COC(=O)[C@@H]1CC[C@@H](CN)N1C(=O)[C@@H](NC(=O)OCC1c2ccccc2-c2ccccc21)C(C)C. The van der Waals surface area contributed by atoms with E-state index in [1.54, 1.807) is 0 Å². The molecule has 2 amide bonds. The van der Waals surface area contributed by atoms with E-state index in [0.29, 0.717) is 12.8 Å². The Hall–Kier alpha value is -3.39. The smallest absolute Gasteiger partial charge is 0.407 e. The normalized spacial score (nSPS) is 19.7. The number of alkyl carbamates (subject to hydrolysis) is 1. The molecule has 1 aliphatic heterocycles. The second-order valence-electron chi connectivity index (χ2n) is 9.44. The third-order valence-electron chi connectivity index (χ3n) is 7.05. The van der Waals surface area contributed by atoms with Crippen LogP contribution in [0.3, 0.4) is 0 Å². The van der Waals surface area contributed by atoms with Gasteiger partial charge in [0.2, 0.25) is 5.91 Å². The number of rotatable bonds is 7. The lowest BCUT2D eigenvalue weighted by molar-refractivity contribution is -0.153. The second kappa shape index (κ2) is 10.5. The summed E-state index contributed by atoms with van der Waals surface area (Å²) in [6, 6.07) is 14.4. The maximum atomic E-state index is 13.5. The summed E-state index contributed by atoms with van der Waals surface area (Å²) >= 11 is 0. The van der Waals surface area contributed by atoms with Gasteiger partial charge in [0.1, 0.15) is 18.7 Å². The van der Waals surface area contributed by atoms with Crippen LogP contribution in [0.1, 0.15) is 43.7 Å². The molecule has 35 heavy (non-hydrogen) atoms. The summed E-state index contributed by atoms with van der Waals surface area (Å²) in [5.41, 5.74) is 10.4. The standard InChI is InChI=1S/C27H33N3O5/c1-16(2)24(25(31)30-17(14-28)12-13-23(30)26(32)34-3)29-27(33)35-15-22-20-10-6-4-8-18(20)19-9-5-7-11-21(19)22/h4-11,16-17,22-24H,12-15,28H2,1-3H3,(H,29,33)/t17-,23-,24-/m0/s1. The summed E-state index contributed by atoms with van der Waals surface area (Å²) in [6.45, 7) is 4.06. The van der Waals surface area contributed by atoms with Gasteiger partial charge >= 0.3 is 12.1 Å². The van der Waals surface area contributed by atoms with Crippen molar-refractivity contribution in [1.29, 1.82) is 0 Å². The lowest BCUT2D eigenvalue weighted by Gasteiger charge is -2.33. The number of nitrogens with one attached hydrogen (secondary N) is 1. The first-order valence-electron chi connectivity index (χ1n) is 12.1. The van der Waals surface area contributed by atoms with Crippen molar-refractivity contribution in [2.45, 2.75) is 50.7 Å². The van der Waals surface area contributed by atoms with E-state index in [-0.39, 0.29) is 36.9 Å². The van der Waals surface area contributed by atoms with Crippen molar-refractivity contribution in [2.24, 2.45) is 11.7 Å². The second-order valence-corrected chi connectivity index (χ2v) is 9.44. The Kier molecular flexibility index (Phi) is 7.40. The topological polar surface area (TPSA) is 111 Å². The number of carbonyl (C=O) groups is 3. The Bertz CT molecular complexity index is 1060. The molecule has 1 aliphatic carbocycles. The number of likely N-dealkylation sites (tertiary alicyclic amines) is 1. The molecule has 186 valence electrons. The molecule has 3 atom stereocenters. The number of nitrogens with two attached hydrogens (primary N) is 1. The van der Waals surface area contributed by atoms with Crippen LogP contribution in [0.5, 0.6) is 0 Å². The lowest BCUT2D eigenvalue weighted by Crippen LogP contribution is -2.57. The van der Waals surface area contributed by atoms with E-state index >= 15 is 0 Å². The van der Waals surface area contributed by atoms with E-state index in [2.05, 4.69) is 29.6 Å². The van der Waals surface area contributed by atoms with Gasteiger partial charge in [-0.2, -0.15) is 0 Å². The van der Waals surface area contributed by atoms with Crippen LogP contribution >= 0.6 is 0 Å². The highest BCUT2D eigenvalue weighted by Gasteiger charge is 2.44. The summed E-state index contributed by atoms with van der Waals surface area (Å²) in [6.07, 6.45) is 0.422. The van der Waals surface area contributed by atoms with E-state index in [1.165, 1.54) is 12.0 Å². The van der Waals surface area contributed by atoms with E-state index < -0.39 is 24.1 Å². The zero-order chi connectivity index (χ0) is 25.1. The molecule has 0 radical (unpaired) electrons. The average molecular weight is 480 g/mol. The molecule has 0 spiro atoms. The fraction of sp³-hybridized carbons (Fsp3) is 0.444. The maximum Gasteiger partial charge on any atom is 0.407 e. The minimum absolute atomic E-state index is 0.0785. The monoisotopic (exact) mass is 479 g/mol. The van der Waals surface area contributed by atoms with Crippen molar-refractivity contribution in [3.05, 3.63) is 59.7 Å². The molecular formula is C27H33N3O5. The molecule has 0 saturated carbocycles. The van der Waals surface area contributed by atoms with Gasteiger partial charge < -0.3 is 25.4 Å². The highest BCUT2D eigenvalue weighted by Crippen LogP contribution is 2.44. The molecule has 3 N–H and O–H groups in total. The molecule has 8 nitrogen and oxygen atoms in total. The van der Waals surface area contributed by atoms with E-state index in [0.717, 1.165) is 22.3 Å². The molecule has 2 aromatic carbocycles. The third kappa shape index (κ3) is 4.75. The molecule has 2 aliphatic rings. The third-order valence-corrected chi connectivity index (χ3v) is 7.05. The molecular weight excluding hydrogens is 446 g/mol. The van der Waals surface area contributed by atoms with Gasteiger partial charge in [0.15, 0.2) is 0 Å². The summed E-state index contributed by atoms with van der Waals surface area (Å²) in [7, 11) is 1.30. The van der Waals surface area contributed by atoms with Crippen molar-refractivity contribution >= 4 is 18.0 Å². The van der Waals surface area contributed by atoms with E-state index in [4.69, 9.17) is 15.2 Å². The van der Waals surface area contributed by atoms with Crippen LogP contribution in [-0.2, 0) is 19.1 Å². The predicted molar refractivity (Wildman–Crippen MR) is 132 cm³/mol. The van der Waals surface area contributed by atoms with Crippen LogP contribution in [0.15, 0.2) is 48.5 Å². The van der Waals surface area contributed by atoms with Crippen molar-refractivity contribution in [2.75, 3.05) is 20.3 Å². The lowest BCUT2D eigenvalue weighted by atomic mass is 9.98. The molecule has 1 fully saturated rings. The molecule has 0 unspecified atom stereocenters. The molecule has 8 heteroatoms. The summed E-state index contributed by atoms with van der Waals surface area (Å²) in [5.74, 6) is -1.12. The summed E-state index contributed by atoms with van der Waals surface area (Å²) in [5, 5.41) is 2.74. The van der Waals surface area contributed by atoms with Gasteiger partial charge in [-0.05, 0) is 41.0 Å². The number of amides is 2. The van der Waals surface area contributed by atoms with Crippen molar-refractivity contribution in [3.8, 4) is 11.1 Å². The number of fused-ring (bicyclic) bond motifs is 3. The van der Waals surface area contributed by atoms with Crippen molar-refractivity contribution in [1.82, 2.24) is 10.2 Å². The fourth-order valence-electron chi connectivity index (χ4n) is 5.26. The average Bonchev–Trinajstić information content (AvgIpc) is 3.44. The minimum atomic E-state index is -0.857. The Balaban J connectivity index is 1.46. The van der Waals surface area contributed by atoms with Crippen LogP contribution in [0.2, 0.25) is 0 Å². The molecule has 2 aromatic rings. The highest BCUT2D eigenvalue weighted by molar-refractivity contribution is 5.90. The van der Waals surface area contributed by atoms with Crippen LogP contribution in [0.4, 0.5) is 4.79 Å². The number of ether oxygens (including phenoxy) is 2. The first-order valence-corrected chi connectivity index (χ1v) is 12.1. The number of hydrogen-bond donors (Lipinski definition) is 2. The number of hydrogen-bond acceptors (Lipinski definition) is 6. The first-order chi connectivity index (χ1) is 16.9.